The molecule has 1 aromatic rings. The Labute approximate surface area is 90.2 Å². The summed E-state index contributed by atoms with van der Waals surface area (Å²) in [7, 11) is 0. The first-order valence-electron chi connectivity index (χ1n) is 4.59. The Morgan fingerprint density at radius 2 is 2.00 bits per heavy atom. The van der Waals surface area contributed by atoms with Gasteiger partial charge >= 0.3 is 6.36 Å². The average Bonchev–Trinajstić information content (AvgIpc) is 2.16. The Balaban J connectivity index is 2.40. The van der Waals surface area contributed by atoms with Gasteiger partial charge in [0.2, 0.25) is 0 Å². The number of nitrogens with one attached hydrogen (secondary N) is 1. The molecule has 0 aliphatic heterocycles. The Hall–Kier alpha value is -1.30. The van der Waals surface area contributed by atoms with Crippen LogP contribution in [0.5, 0.6) is 0 Å². The van der Waals surface area contributed by atoms with Gasteiger partial charge in [0.25, 0.3) is 0 Å². The molecule has 0 saturated carbocycles. The van der Waals surface area contributed by atoms with Crippen LogP contribution in [0.2, 0.25) is 0 Å². The number of benzene rings is 1. The first-order chi connectivity index (χ1) is 7.38. The lowest BCUT2D eigenvalue weighted by Crippen LogP contribution is -2.19. The minimum absolute atomic E-state index is 0.111. The molecule has 0 atom stereocenters. The van der Waals surface area contributed by atoms with Crippen LogP contribution in [-0.4, -0.2) is 19.5 Å². The summed E-state index contributed by atoms with van der Waals surface area (Å²) in [6.45, 7) is 1.09. The summed E-state index contributed by atoms with van der Waals surface area (Å²) >= 11 is 0. The Bertz CT molecular complexity index is 351. The molecule has 16 heavy (non-hydrogen) atoms. The predicted molar refractivity (Wildman–Crippen MR) is 51.6 cm³/mol. The van der Waals surface area contributed by atoms with Crippen LogP contribution in [0, 0.1) is 12.7 Å². The smallest absolute Gasteiger partial charge is 0.380 e. The Morgan fingerprint density at radius 3 is 2.62 bits per heavy atom. The van der Waals surface area contributed by atoms with Crippen molar-refractivity contribution in [3.63, 3.8) is 0 Å². The number of ether oxygens (including phenoxy) is 1. The van der Waals surface area contributed by atoms with Gasteiger partial charge in [-0.2, -0.15) is 0 Å². The van der Waals surface area contributed by atoms with Crippen LogP contribution in [0.4, 0.5) is 23.2 Å². The van der Waals surface area contributed by atoms with E-state index in [1.54, 1.807) is 13.0 Å². The van der Waals surface area contributed by atoms with Gasteiger partial charge in [0, 0.05) is 6.54 Å². The van der Waals surface area contributed by atoms with E-state index in [9.17, 15) is 17.6 Å². The molecule has 0 aliphatic rings. The molecule has 2 nitrogen and oxygen atoms in total. The van der Waals surface area contributed by atoms with Gasteiger partial charge in [0.1, 0.15) is 5.82 Å². The van der Waals surface area contributed by atoms with E-state index in [-0.39, 0.29) is 12.2 Å². The highest BCUT2D eigenvalue weighted by atomic mass is 19.4. The third-order valence-electron chi connectivity index (χ3n) is 1.81. The lowest BCUT2D eigenvalue weighted by atomic mass is 10.2. The SMILES string of the molecule is Cc1ccc(F)c(NCCOC(F)(F)F)c1. The van der Waals surface area contributed by atoms with Gasteiger partial charge in [-0.25, -0.2) is 4.39 Å². The molecule has 1 rings (SSSR count). The number of aryl methyl sites for hydroxylation is 1. The van der Waals surface area contributed by atoms with Crippen LogP contribution in [0.3, 0.4) is 0 Å². The first kappa shape index (κ1) is 12.8. The quantitative estimate of drug-likeness (QED) is 0.641. The molecule has 0 heterocycles. The van der Waals surface area contributed by atoms with E-state index in [2.05, 4.69) is 10.1 Å². The van der Waals surface area contributed by atoms with Crippen LogP contribution in [-0.2, 0) is 4.74 Å². The van der Waals surface area contributed by atoms with E-state index in [4.69, 9.17) is 0 Å². The largest absolute Gasteiger partial charge is 0.522 e. The maximum Gasteiger partial charge on any atom is 0.522 e. The van der Waals surface area contributed by atoms with Crippen molar-refractivity contribution in [3.8, 4) is 0 Å². The first-order valence-corrected chi connectivity index (χ1v) is 4.59. The molecule has 0 aromatic heterocycles. The van der Waals surface area contributed by atoms with E-state index in [0.717, 1.165) is 5.56 Å². The van der Waals surface area contributed by atoms with Crippen molar-refractivity contribution in [2.24, 2.45) is 0 Å². The number of hydrogen-bond donors (Lipinski definition) is 1. The molecule has 0 unspecified atom stereocenters. The van der Waals surface area contributed by atoms with Gasteiger partial charge in [0.15, 0.2) is 0 Å². The van der Waals surface area contributed by atoms with Crippen LogP contribution in [0.25, 0.3) is 0 Å². The van der Waals surface area contributed by atoms with Crippen LogP contribution in [0.15, 0.2) is 18.2 Å². The number of anilines is 1. The molecule has 0 amide bonds. The molecule has 1 aromatic carbocycles. The number of rotatable bonds is 4. The van der Waals surface area contributed by atoms with Crippen LogP contribution >= 0.6 is 0 Å². The molecule has 0 spiro atoms. The topological polar surface area (TPSA) is 21.3 Å². The number of alkyl halides is 3. The average molecular weight is 237 g/mol. The summed E-state index contributed by atoms with van der Waals surface area (Å²) in [5.41, 5.74) is 0.992. The van der Waals surface area contributed by atoms with Gasteiger partial charge in [-0.3, -0.25) is 4.74 Å². The van der Waals surface area contributed by atoms with Gasteiger partial charge in [-0.1, -0.05) is 6.07 Å². The minimum atomic E-state index is -4.65. The molecule has 0 bridgehead atoms. The lowest BCUT2D eigenvalue weighted by molar-refractivity contribution is -0.322. The van der Waals surface area contributed by atoms with E-state index in [1.165, 1.54) is 12.1 Å². The second kappa shape index (κ2) is 5.16. The van der Waals surface area contributed by atoms with Gasteiger partial charge < -0.3 is 5.32 Å². The second-order valence-electron chi connectivity index (χ2n) is 3.20. The minimum Gasteiger partial charge on any atom is -0.380 e. The summed E-state index contributed by atoms with van der Waals surface area (Å²) in [6, 6.07) is 4.35. The molecular weight excluding hydrogens is 226 g/mol. The van der Waals surface area contributed by atoms with Crippen molar-refractivity contribution in [3.05, 3.63) is 29.6 Å². The fourth-order valence-electron chi connectivity index (χ4n) is 1.13. The molecule has 1 N–H and O–H groups in total. The molecule has 0 saturated heterocycles. The van der Waals surface area contributed by atoms with Crippen molar-refractivity contribution < 1.29 is 22.3 Å². The summed E-state index contributed by atoms with van der Waals surface area (Å²) < 4.78 is 51.4. The zero-order valence-corrected chi connectivity index (χ0v) is 8.57. The fourth-order valence-corrected chi connectivity index (χ4v) is 1.13. The molecule has 0 fully saturated rings. The normalized spacial score (nSPS) is 11.6. The molecular formula is C10H11F4NO. The maximum atomic E-state index is 13.1. The number of halogens is 4. The summed E-state index contributed by atoms with van der Waals surface area (Å²) in [5, 5.41) is 2.53. The lowest BCUT2D eigenvalue weighted by Gasteiger charge is -2.10. The van der Waals surface area contributed by atoms with Crippen molar-refractivity contribution in [2.75, 3.05) is 18.5 Å². The molecule has 0 radical (unpaired) electrons. The zero-order valence-electron chi connectivity index (χ0n) is 8.57. The van der Waals surface area contributed by atoms with Gasteiger partial charge in [-0.05, 0) is 24.6 Å². The van der Waals surface area contributed by atoms with E-state index in [0.29, 0.717) is 0 Å². The highest BCUT2D eigenvalue weighted by Crippen LogP contribution is 2.17. The number of hydrogen-bond acceptors (Lipinski definition) is 2. The summed E-state index contributed by atoms with van der Waals surface area (Å²) in [4.78, 5) is 0. The van der Waals surface area contributed by atoms with Gasteiger partial charge in [-0.15, -0.1) is 13.2 Å². The molecule has 6 heteroatoms. The van der Waals surface area contributed by atoms with Crippen molar-refractivity contribution in [1.29, 1.82) is 0 Å². The molecule has 90 valence electrons. The zero-order chi connectivity index (χ0) is 12.2. The standard InChI is InChI=1S/C10H11F4NO/c1-7-2-3-8(11)9(6-7)15-4-5-16-10(12,13)14/h2-3,6,15H,4-5H2,1H3. The highest BCUT2D eigenvalue weighted by Gasteiger charge is 2.28. The van der Waals surface area contributed by atoms with Gasteiger partial charge in [0.05, 0.1) is 12.3 Å². The monoisotopic (exact) mass is 237 g/mol. The second-order valence-corrected chi connectivity index (χ2v) is 3.20. The van der Waals surface area contributed by atoms with E-state index in [1.807, 2.05) is 0 Å². The van der Waals surface area contributed by atoms with Crippen LogP contribution < -0.4 is 5.32 Å². The van der Waals surface area contributed by atoms with E-state index >= 15 is 0 Å². The van der Waals surface area contributed by atoms with Crippen molar-refractivity contribution in [2.45, 2.75) is 13.3 Å². The fraction of sp³-hybridized carbons (Fsp3) is 0.400. The third-order valence-corrected chi connectivity index (χ3v) is 1.81. The maximum absolute atomic E-state index is 13.1. The Kier molecular flexibility index (Phi) is 4.12. The summed E-state index contributed by atoms with van der Waals surface area (Å²) in [6.07, 6.45) is -4.65. The Morgan fingerprint density at radius 1 is 1.31 bits per heavy atom. The highest BCUT2D eigenvalue weighted by molar-refractivity contribution is 5.46. The third kappa shape index (κ3) is 4.48. The van der Waals surface area contributed by atoms with Crippen molar-refractivity contribution in [1.82, 2.24) is 0 Å². The van der Waals surface area contributed by atoms with Crippen molar-refractivity contribution >= 4 is 5.69 Å². The molecule has 0 aliphatic carbocycles. The van der Waals surface area contributed by atoms with Crippen LogP contribution in [0.1, 0.15) is 5.56 Å². The summed E-state index contributed by atoms with van der Waals surface area (Å²) in [5.74, 6) is -0.502. The predicted octanol–water partition coefficient (Wildman–Crippen LogP) is 3.08. The van der Waals surface area contributed by atoms with E-state index < -0.39 is 18.8 Å².